The van der Waals surface area contributed by atoms with E-state index in [1.54, 1.807) is 4.90 Å². The van der Waals surface area contributed by atoms with Crippen molar-refractivity contribution in [3.05, 3.63) is 47.8 Å². The molecule has 0 spiro atoms. The molecular weight excluding hydrogens is 292 g/mol. The first-order chi connectivity index (χ1) is 11.1. The van der Waals surface area contributed by atoms with Gasteiger partial charge in [-0.2, -0.15) is 5.10 Å². The Hall–Kier alpha value is -2.63. The van der Waals surface area contributed by atoms with Gasteiger partial charge in [-0.3, -0.25) is 9.59 Å². The molecule has 1 fully saturated rings. The van der Waals surface area contributed by atoms with Crippen LogP contribution in [0.15, 0.2) is 36.4 Å². The highest BCUT2D eigenvalue weighted by Gasteiger charge is 2.25. The Labute approximate surface area is 134 Å². The summed E-state index contributed by atoms with van der Waals surface area (Å²) in [6, 6.07) is 10.7. The fourth-order valence-corrected chi connectivity index (χ4v) is 2.80. The van der Waals surface area contributed by atoms with E-state index in [9.17, 15) is 9.59 Å². The van der Waals surface area contributed by atoms with Crippen LogP contribution >= 0.6 is 0 Å². The van der Waals surface area contributed by atoms with Crippen LogP contribution in [0.4, 0.5) is 0 Å². The summed E-state index contributed by atoms with van der Waals surface area (Å²) in [5, 5.41) is 4.32. The summed E-state index contributed by atoms with van der Waals surface area (Å²) in [4.78, 5) is 26.1. The minimum absolute atomic E-state index is 0.144. The fraction of sp³-hybridized carbons (Fsp3) is 0.353. The van der Waals surface area contributed by atoms with Crippen LogP contribution in [0.5, 0.6) is 0 Å². The summed E-state index contributed by atoms with van der Waals surface area (Å²) in [5.74, 6) is -0.108. The van der Waals surface area contributed by atoms with Crippen LogP contribution in [0, 0.1) is 5.92 Å². The minimum Gasteiger partial charge on any atom is -0.364 e. The minimum atomic E-state index is -0.604. The highest BCUT2D eigenvalue weighted by molar-refractivity contribution is 5.97. The molecule has 120 valence electrons. The Morgan fingerprint density at radius 1 is 1.17 bits per heavy atom. The number of amides is 2. The second kappa shape index (κ2) is 6.24. The van der Waals surface area contributed by atoms with E-state index in [1.165, 1.54) is 10.7 Å². The summed E-state index contributed by atoms with van der Waals surface area (Å²) in [6.45, 7) is 3.64. The number of primary amides is 1. The number of rotatable bonds is 3. The van der Waals surface area contributed by atoms with Crippen molar-refractivity contribution in [2.75, 3.05) is 13.1 Å². The smallest absolute Gasteiger partial charge is 0.274 e. The number of nitrogens with two attached hydrogens (primary N) is 1. The molecule has 0 unspecified atom stereocenters. The van der Waals surface area contributed by atoms with E-state index < -0.39 is 5.91 Å². The lowest BCUT2D eigenvalue weighted by atomic mass is 9.99. The second-order valence-electron chi connectivity index (χ2n) is 6.00. The van der Waals surface area contributed by atoms with E-state index in [-0.39, 0.29) is 17.3 Å². The van der Waals surface area contributed by atoms with Gasteiger partial charge in [-0.15, -0.1) is 0 Å². The highest BCUT2D eigenvalue weighted by Crippen LogP contribution is 2.19. The van der Waals surface area contributed by atoms with Crippen LogP contribution in [0.25, 0.3) is 5.69 Å². The van der Waals surface area contributed by atoms with Gasteiger partial charge < -0.3 is 10.6 Å². The number of nitrogens with zero attached hydrogens (tertiary/aromatic N) is 3. The molecule has 1 aliphatic rings. The number of benzene rings is 1. The second-order valence-corrected chi connectivity index (χ2v) is 6.00. The third kappa shape index (κ3) is 3.11. The van der Waals surface area contributed by atoms with Crippen molar-refractivity contribution in [3.8, 4) is 5.69 Å². The first-order valence-corrected chi connectivity index (χ1v) is 7.81. The van der Waals surface area contributed by atoms with Crippen molar-refractivity contribution >= 4 is 11.8 Å². The number of carbonyl (C=O) groups is 2. The molecule has 2 N–H and O–H groups in total. The molecule has 0 saturated carbocycles. The van der Waals surface area contributed by atoms with Gasteiger partial charge in [-0.25, -0.2) is 4.68 Å². The Morgan fingerprint density at radius 2 is 1.83 bits per heavy atom. The van der Waals surface area contributed by atoms with Crippen molar-refractivity contribution < 1.29 is 9.59 Å². The average Bonchev–Trinajstić information content (AvgIpc) is 3.01. The molecule has 3 rings (SSSR count). The lowest BCUT2D eigenvalue weighted by molar-refractivity contribution is 0.0690. The number of hydrogen-bond donors (Lipinski definition) is 1. The van der Waals surface area contributed by atoms with Crippen molar-refractivity contribution in [1.29, 1.82) is 0 Å². The maximum absolute atomic E-state index is 12.6. The summed E-state index contributed by atoms with van der Waals surface area (Å²) in [5.41, 5.74) is 6.61. The largest absolute Gasteiger partial charge is 0.364 e. The Morgan fingerprint density at radius 3 is 2.43 bits per heavy atom. The quantitative estimate of drug-likeness (QED) is 0.939. The van der Waals surface area contributed by atoms with Gasteiger partial charge in [0.2, 0.25) is 0 Å². The van der Waals surface area contributed by atoms with Gasteiger partial charge in [0.15, 0.2) is 5.69 Å². The number of para-hydroxylation sites is 1. The molecule has 0 atom stereocenters. The van der Waals surface area contributed by atoms with Crippen LogP contribution in [0.1, 0.15) is 40.7 Å². The van der Waals surface area contributed by atoms with Gasteiger partial charge >= 0.3 is 0 Å². The van der Waals surface area contributed by atoms with Crippen LogP contribution < -0.4 is 5.73 Å². The monoisotopic (exact) mass is 312 g/mol. The summed E-state index contributed by atoms with van der Waals surface area (Å²) in [7, 11) is 0. The number of aromatic nitrogens is 2. The molecule has 6 heteroatoms. The zero-order valence-corrected chi connectivity index (χ0v) is 13.1. The van der Waals surface area contributed by atoms with Crippen molar-refractivity contribution in [1.82, 2.24) is 14.7 Å². The third-order valence-corrected chi connectivity index (χ3v) is 4.25. The molecule has 23 heavy (non-hydrogen) atoms. The SMILES string of the molecule is CC1CCN(C(=O)c2cc(C(N)=O)n(-c3ccccc3)n2)CC1. The lowest BCUT2D eigenvalue weighted by Crippen LogP contribution is -2.38. The molecule has 0 bridgehead atoms. The van der Waals surface area contributed by atoms with Gasteiger partial charge in [0.05, 0.1) is 5.69 Å². The first kappa shape index (κ1) is 15.3. The predicted octanol–water partition coefficient (Wildman–Crippen LogP) is 1.84. The number of likely N-dealkylation sites (tertiary alicyclic amines) is 1. The Bertz CT molecular complexity index is 715. The molecule has 1 aliphatic heterocycles. The summed E-state index contributed by atoms with van der Waals surface area (Å²) >= 11 is 0. The lowest BCUT2D eigenvalue weighted by Gasteiger charge is -2.29. The molecule has 0 radical (unpaired) electrons. The van der Waals surface area contributed by atoms with Crippen molar-refractivity contribution in [2.24, 2.45) is 11.7 Å². The first-order valence-electron chi connectivity index (χ1n) is 7.81. The van der Waals surface area contributed by atoms with Crippen LogP contribution in [-0.4, -0.2) is 39.6 Å². The molecule has 2 aromatic rings. The molecular formula is C17H20N4O2. The van der Waals surface area contributed by atoms with Gasteiger partial charge in [-0.1, -0.05) is 25.1 Å². The van der Waals surface area contributed by atoms with Crippen LogP contribution in [0.2, 0.25) is 0 Å². The molecule has 1 aromatic heterocycles. The standard InChI is InChI=1S/C17H20N4O2/c1-12-7-9-20(10-8-12)17(23)14-11-15(16(18)22)21(19-14)13-5-3-2-4-6-13/h2-6,11-12H,7-10H2,1H3,(H2,18,22). The maximum atomic E-state index is 12.6. The zero-order valence-electron chi connectivity index (χ0n) is 13.1. The number of piperidine rings is 1. The molecule has 1 saturated heterocycles. The molecule has 1 aromatic carbocycles. The van der Waals surface area contributed by atoms with Crippen molar-refractivity contribution in [3.63, 3.8) is 0 Å². The molecule has 0 aliphatic carbocycles. The molecule has 2 heterocycles. The normalized spacial score (nSPS) is 15.6. The van der Waals surface area contributed by atoms with Gasteiger partial charge in [0.25, 0.3) is 11.8 Å². The fourth-order valence-electron chi connectivity index (χ4n) is 2.80. The van der Waals surface area contributed by atoms with Crippen LogP contribution in [-0.2, 0) is 0 Å². The van der Waals surface area contributed by atoms with E-state index >= 15 is 0 Å². The number of hydrogen-bond acceptors (Lipinski definition) is 3. The van der Waals surface area contributed by atoms with E-state index in [4.69, 9.17) is 5.73 Å². The zero-order chi connectivity index (χ0) is 16.4. The van der Waals surface area contributed by atoms with Gasteiger partial charge in [0, 0.05) is 19.2 Å². The summed E-state index contributed by atoms with van der Waals surface area (Å²) < 4.78 is 1.43. The highest BCUT2D eigenvalue weighted by atomic mass is 16.2. The predicted molar refractivity (Wildman–Crippen MR) is 86.4 cm³/mol. The Balaban J connectivity index is 1.92. The molecule has 2 amide bonds. The topological polar surface area (TPSA) is 81.2 Å². The van der Waals surface area contributed by atoms with E-state index in [2.05, 4.69) is 12.0 Å². The van der Waals surface area contributed by atoms with Crippen LogP contribution in [0.3, 0.4) is 0 Å². The number of carbonyl (C=O) groups excluding carboxylic acids is 2. The van der Waals surface area contributed by atoms with Crippen molar-refractivity contribution in [2.45, 2.75) is 19.8 Å². The maximum Gasteiger partial charge on any atom is 0.274 e. The van der Waals surface area contributed by atoms with E-state index in [0.717, 1.165) is 25.9 Å². The van der Waals surface area contributed by atoms with E-state index in [0.29, 0.717) is 11.6 Å². The summed E-state index contributed by atoms with van der Waals surface area (Å²) in [6.07, 6.45) is 1.99. The van der Waals surface area contributed by atoms with Gasteiger partial charge in [-0.05, 0) is 30.9 Å². The van der Waals surface area contributed by atoms with E-state index in [1.807, 2.05) is 30.3 Å². The average molecular weight is 312 g/mol. The van der Waals surface area contributed by atoms with Gasteiger partial charge in [0.1, 0.15) is 5.69 Å². The third-order valence-electron chi connectivity index (χ3n) is 4.25. The molecule has 6 nitrogen and oxygen atoms in total. The Kier molecular flexibility index (Phi) is 4.14.